The van der Waals surface area contributed by atoms with E-state index in [-0.39, 0.29) is 17.6 Å². The van der Waals surface area contributed by atoms with Crippen LogP contribution in [-0.4, -0.2) is 26.0 Å². The Balaban J connectivity index is 1.97. The topological polar surface area (TPSA) is 32.3 Å². The number of hydrogen-bond donors (Lipinski definition) is 1. The molecule has 0 saturated carbocycles. The summed E-state index contributed by atoms with van der Waals surface area (Å²) in [6.45, 7) is 1.61. The van der Waals surface area contributed by atoms with E-state index in [0.29, 0.717) is 0 Å². The zero-order valence-electron chi connectivity index (χ0n) is 9.95. The summed E-state index contributed by atoms with van der Waals surface area (Å²) in [5.74, 6) is 0.00428. The van der Waals surface area contributed by atoms with Crippen molar-refractivity contribution in [3.8, 4) is 0 Å². The molecular formula is C13H17FN2O. The second-order valence-corrected chi connectivity index (χ2v) is 4.36. The maximum Gasteiger partial charge on any atom is 0.222 e. The zero-order valence-corrected chi connectivity index (χ0v) is 9.95. The molecule has 0 aliphatic carbocycles. The van der Waals surface area contributed by atoms with E-state index in [1.54, 1.807) is 19.2 Å². The standard InChI is InChI=1S/C13H17FN2O/c1-15-13(17)10-5-7-16(8-6-10)12-4-2-3-11(14)9-12/h2-4,9-10H,5-8H2,1H3,(H,15,17). The van der Waals surface area contributed by atoms with Gasteiger partial charge in [0.1, 0.15) is 5.82 Å². The summed E-state index contributed by atoms with van der Waals surface area (Å²) in [6.07, 6.45) is 1.66. The third-order valence-electron chi connectivity index (χ3n) is 3.29. The minimum absolute atomic E-state index is 0.102. The molecule has 4 heteroatoms. The first-order valence-corrected chi connectivity index (χ1v) is 5.93. The van der Waals surface area contributed by atoms with Crippen LogP contribution in [0.4, 0.5) is 10.1 Å². The van der Waals surface area contributed by atoms with Crippen molar-refractivity contribution in [1.29, 1.82) is 0 Å². The predicted octanol–water partition coefficient (Wildman–Crippen LogP) is 1.79. The number of piperidine rings is 1. The molecule has 17 heavy (non-hydrogen) atoms. The molecule has 1 aliphatic heterocycles. The molecule has 1 aliphatic rings. The van der Waals surface area contributed by atoms with Crippen LogP contribution in [0.3, 0.4) is 0 Å². The van der Waals surface area contributed by atoms with Crippen molar-refractivity contribution in [3.05, 3.63) is 30.1 Å². The first kappa shape index (κ1) is 11.9. The molecule has 2 rings (SSSR count). The van der Waals surface area contributed by atoms with Crippen LogP contribution in [-0.2, 0) is 4.79 Å². The van der Waals surface area contributed by atoms with Crippen LogP contribution in [0.2, 0.25) is 0 Å². The summed E-state index contributed by atoms with van der Waals surface area (Å²) in [7, 11) is 1.67. The number of carbonyl (C=O) groups excluding carboxylic acids is 1. The van der Waals surface area contributed by atoms with Gasteiger partial charge in [0.15, 0.2) is 0 Å². The first-order chi connectivity index (χ1) is 8.20. The van der Waals surface area contributed by atoms with E-state index >= 15 is 0 Å². The molecule has 1 aromatic carbocycles. The largest absolute Gasteiger partial charge is 0.371 e. The minimum Gasteiger partial charge on any atom is -0.371 e. The molecule has 0 radical (unpaired) electrons. The fraction of sp³-hybridized carbons (Fsp3) is 0.462. The summed E-state index contributed by atoms with van der Waals surface area (Å²) in [6, 6.07) is 6.61. The van der Waals surface area contributed by atoms with E-state index in [0.717, 1.165) is 31.6 Å². The lowest BCUT2D eigenvalue weighted by molar-refractivity contribution is -0.125. The zero-order chi connectivity index (χ0) is 12.3. The number of benzene rings is 1. The summed E-state index contributed by atoms with van der Waals surface area (Å²) >= 11 is 0. The van der Waals surface area contributed by atoms with Crippen molar-refractivity contribution >= 4 is 11.6 Å². The van der Waals surface area contributed by atoms with E-state index in [9.17, 15) is 9.18 Å². The monoisotopic (exact) mass is 236 g/mol. The van der Waals surface area contributed by atoms with E-state index in [1.165, 1.54) is 6.07 Å². The minimum atomic E-state index is -0.212. The van der Waals surface area contributed by atoms with Crippen LogP contribution < -0.4 is 10.2 Å². The number of anilines is 1. The third kappa shape index (κ3) is 2.75. The van der Waals surface area contributed by atoms with Crippen molar-refractivity contribution in [3.63, 3.8) is 0 Å². The fourth-order valence-electron chi connectivity index (χ4n) is 2.28. The summed E-state index contributed by atoms with van der Waals surface area (Å²) in [4.78, 5) is 13.6. The third-order valence-corrected chi connectivity index (χ3v) is 3.29. The molecule has 1 saturated heterocycles. The van der Waals surface area contributed by atoms with Gasteiger partial charge < -0.3 is 10.2 Å². The Bertz CT molecular complexity index is 400. The molecule has 0 bridgehead atoms. The van der Waals surface area contributed by atoms with Gasteiger partial charge in [0.2, 0.25) is 5.91 Å². The van der Waals surface area contributed by atoms with Gasteiger partial charge >= 0.3 is 0 Å². The highest BCUT2D eigenvalue weighted by molar-refractivity contribution is 5.78. The molecular weight excluding hydrogens is 219 g/mol. The van der Waals surface area contributed by atoms with Gasteiger partial charge in [-0.25, -0.2) is 4.39 Å². The average Bonchev–Trinajstić information content (AvgIpc) is 2.38. The number of amides is 1. The molecule has 1 aromatic rings. The summed E-state index contributed by atoms with van der Waals surface area (Å²) < 4.78 is 13.1. The number of carbonyl (C=O) groups is 1. The van der Waals surface area contributed by atoms with E-state index in [1.807, 2.05) is 6.07 Å². The van der Waals surface area contributed by atoms with E-state index < -0.39 is 0 Å². The Morgan fingerprint density at radius 1 is 1.41 bits per heavy atom. The molecule has 3 nitrogen and oxygen atoms in total. The van der Waals surface area contributed by atoms with Crippen molar-refractivity contribution in [2.45, 2.75) is 12.8 Å². The predicted molar refractivity (Wildman–Crippen MR) is 65.4 cm³/mol. The van der Waals surface area contributed by atoms with Crippen LogP contribution in [0, 0.1) is 11.7 Å². The van der Waals surface area contributed by atoms with Crippen LogP contribution in [0.25, 0.3) is 0 Å². The molecule has 0 spiro atoms. The number of hydrogen-bond acceptors (Lipinski definition) is 2. The van der Waals surface area contributed by atoms with Crippen molar-refractivity contribution in [1.82, 2.24) is 5.32 Å². The van der Waals surface area contributed by atoms with E-state index in [2.05, 4.69) is 10.2 Å². The highest BCUT2D eigenvalue weighted by Crippen LogP contribution is 2.23. The second kappa shape index (κ2) is 5.17. The fourth-order valence-corrected chi connectivity index (χ4v) is 2.28. The average molecular weight is 236 g/mol. The Kier molecular flexibility index (Phi) is 3.61. The lowest BCUT2D eigenvalue weighted by atomic mass is 9.95. The van der Waals surface area contributed by atoms with Gasteiger partial charge in [-0.1, -0.05) is 6.07 Å². The maximum atomic E-state index is 13.1. The Labute approximate surface area is 101 Å². The normalized spacial score (nSPS) is 16.9. The second-order valence-electron chi connectivity index (χ2n) is 4.36. The number of halogens is 1. The quantitative estimate of drug-likeness (QED) is 0.849. The van der Waals surface area contributed by atoms with Gasteiger partial charge in [0.25, 0.3) is 0 Å². The SMILES string of the molecule is CNC(=O)C1CCN(c2cccc(F)c2)CC1. The van der Waals surface area contributed by atoms with Gasteiger partial charge in [-0.15, -0.1) is 0 Å². The molecule has 1 N–H and O–H groups in total. The molecule has 0 unspecified atom stereocenters. The number of nitrogens with one attached hydrogen (secondary N) is 1. The molecule has 1 amide bonds. The highest BCUT2D eigenvalue weighted by Gasteiger charge is 2.24. The summed E-state index contributed by atoms with van der Waals surface area (Å²) in [5.41, 5.74) is 0.903. The Hall–Kier alpha value is -1.58. The van der Waals surface area contributed by atoms with Crippen LogP contribution >= 0.6 is 0 Å². The van der Waals surface area contributed by atoms with Crippen LogP contribution in [0.5, 0.6) is 0 Å². The molecule has 0 aromatic heterocycles. The Morgan fingerprint density at radius 2 is 2.12 bits per heavy atom. The lowest BCUT2D eigenvalue weighted by Gasteiger charge is -2.32. The number of rotatable bonds is 2. The summed E-state index contributed by atoms with van der Waals surface area (Å²) in [5, 5.41) is 2.68. The van der Waals surface area contributed by atoms with Gasteiger partial charge in [0, 0.05) is 31.7 Å². The number of nitrogens with zero attached hydrogens (tertiary/aromatic N) is 1. The maximum absolute atomic E-state index is 13.1. The molecule has 0 atom stereocenters. The lowest BCUT2D eigenvalue weighted by Crippen LogP contribution is -2.39. The molecule has 92 valence electrons. The first-order valence-electron chi connectivity index (χ1n) is 5.93. The van der Waals surface area contributed by atoms with E-state index in [4.69, 9.17) is 0 Å². The van der Waals surface area contributed by atoms with Gasteiger partial charge in [-0.05, 0) is 31.0 Å². The Morgan fingerprint density at radius 3 is 2.71 bits per heavy atom. The molecule has 1 heterocycles. The van der Waals surface area contributed by atoms with Crippen molar-refractivity contribution < 1.29 is 9.18 Å². The molecule has 1 fully saturated rings. The smallest absolute Gasteiger partial charge is 0.222 e. The van der Waals surface area contributed by atoms with Crippen molar-refractivity contribution in [2.24, 2.45) is 5.92 Å². The van der Waals surface area contributed by atoms with Crippen LogP contribution in [0.1, 0.15) is 12.8 Å². The van der Waals surface area contributed by atoms with Gasteiger partial charge in [-0.2, -0.15) is 0 Å². The van der Waals surface area contributed by atoms with Gasteiger partial charge in [-0.3, -0.25) is 4.79 Å². The highest BCUT2D eigenvalue weighted by atomic mass is 19.1. The van der Waals surface area contributed by atoms with Crippen LogP contribution in [0.15, 0.2) is 24.3 Å². The van der Waals surface area contributed by atoms with Gasteiger partial charge in [0.05, 0.1) is 0 Å². The van der Waals surface area contributed by atoms with Crippen molar-refractivity contribution in [2.75, 3.05) is 25.0 Å².